The number of hydrogen-bond donors (Lipinski definition) is 3. The van der Waals surface area contributed by atoms with Gasteiger partial charge >= 0.3 is 29.6 Å². The molecule has 3 N–H and O–H groups in total. The zero-order chi connectivity index (χ0) is 21.1. The SMILES string of the molecule is C[C@@H](CCC(=O)[O-])[C@@H]1CC[C@@H]2[C@@H]3[C@@H](C[C@@H](O)[C@]21C)[C@]1(C)CC[C@H](O)C[C@@H]1C[C@@H]3O.[Na+]. The Hall–Kier alpha value is 0.350. The third-order valence-electron chi connectivity index (χ3n) is 10.3. The molecule has 0 unspecified atom stereocenters. The number of aliphatic carboxylic acids is 1. The molecule has 6 heteroatoms. The van der Waals surface area contributed by atoms with Crippen molar-refractivity contribution in [3.63, 3.8) is 0 Å². The van der Waals surface area contributed by atoms with E-state index >= 15 is 0 Å². The van der Waals surface area contributed by atoms with Gasteiger partial charge in [-0.25, -0.2) is 0 Å². The third kappa shape index (κ3) is 3.84. The average molecular weight is 431 g/mol. The predicted molar refractivity (Wildman–Crippen MR) is 107 cm³/mol. The zero-order valence-corrected chi connectivity index (χ0v) is 21.2. The van der Waals surface area contributed by atoms with Crippen LogP contribution in [0.25, 0.3) is 0 Å². The molecule has 166 valence electrons. The van der Waals surface area contributed by atoms with E-state index in [4.69, 9.17) is 0 Å². The summed E-state index contributed by atoms with van der Waals surface area (Å²) >= 11 is 0. The van der Waals surface area contributed by atoms with Crippen LogP contribution < -0.4 is 34.7 Å². The second-order valence-electron chi connectivity index (χ2n) is 11.4. The van der Waals surface area contributed by atoms with Crippen LogP contribution in [0.15, 0.2) is 0 Å². The number of carboxylic acid groups (broad SMARTS) is 1. The van der Waals surface area contributed by atoms with Crippen molar-refractivity contribution in [1.29, 1.82) is 0 Å². The minimum absolute atomic E-state index is 0. The van der Waals surface area contributed by atoms with Crippen LogP contribution in [0.3, 0.4) is 0 Å². The molecular weight excluding hydrogens is 391 g/mol. The quantitative estimate of drug-likeness (QED) is 0.503. The van der Waals surface area contributed by atoms with E-state index in [1.54, 1.807) is 0 Å². The third-order valence-corrected chi connectivity index (χ3v) is 10.3. The molecular formula is C24H39NaO5. The molecule has 0 radical (unpaired) electrons. The molecule has 0 amide bonds. The van der Waals surface area contributed by atoms with Crippen molar-refractivity contribution in [2.24, 2.45) is 46.3 Å². The maximum atomic E-state index is 11.5. The number of carbonyl (C=O) groups excluding carboxylic acids is 1. The minimum Gasteiger partial charge on any atom is -0.550 e. The van der Waals surface area contributed by atoms with E-state index in [2.05, 4.69) is 20.8 Å². The number of aliphatic hydroxyl groups excluding tert-OH is 3. The second-order valence-corrected chi connectivity index (χ2v) is 11.4. The van der Waals surface area contributed by atoms with Crippen LogP contribution in [0.2, 0.25) is 0 Å². The Balaban J connectivity index is 0.00000256. The van der Waals surface area contributed by atoms with Gasteiger partial charge in [0.25, 0.3) is 0 Å². The summed E-state index contributed by atoms with van der Waals surface area (Å²) in [6, 6.07) is 0. The molecule has 4 aliphatic carbocycles. The van der Waals surface area contributed by atoms with Gasteiger partial charge in [0.2, 0.25) is 0 Å². The normalized spacial score (nSPS) is 51.1. The van der Waals surface area contributed by atoms with Gasteiger partial charge < -0.3 is 25.2 Å². The van der Waals surface area contributed by atoms with Crippen molar-refractivity contribution in [2.45, 2.75) is 96.9 Å². The Bertz CT molecular complexity index is 643. The van der Waals surface area contributed by atoms with Crippen molar-refractivity contribution in [2.75, 3.05) is 0 Å². The average Bonchev–Trinajstić information content (AvgIpc) is 3.01. The predicted octanol–water partition coefficient (Wildman–Crippen LogP) is -0.882. The topological polar surface area (TPSA) is 101 Å². The van der Waals surface area contributed by atoms with Crippen LogP contribution in [-0.4, -0.2) is 39.6 Å². The van der Waals surface area contributed by atoms with Crippen LogP contribution in [0.5, 0.6) is 0 Å². The number of rotatable bonds is 4. The van der Waals surface area contributed by atoms with Gasteiger partial charge in [0.15, 0.2) is 0 Å². The molecule has 0 heterocycles. The summed E-state index contributed by atoms with van der Waals surface area (Å²) < 4.78 is 0. The summed E-state index contributed by atoms with van der Waals surface area (Å²) in [5, 5.41) is 43.9. The van der Waals surface area contributed by atoms with Gasteiger partial charge in [-0.2, -0.15) is 0 Å². The van der Waals surface area contributed by atoms with Crippen LogP contribution >= 0.6 is 0 Å². The van der Waals surface area contributed by atoms with Gasteiger partial charge in [0, 0.05) is 5.97 Å². The molecule has 0 aromatic carbocycles. The summed E-state index contributed by atoms with van der Waals surface area (Å²) in [7, 11) is 0. The van der Waals surface area contributed by atoms with E-state index in [1.165, 1.54) is 0 Å². The fraction of sp³-hybridized carbons (Fsp3) is 0.958. The van der Waals surface area contributed by atoms with E-state index in [-0.39, 0.29) is 82.7 Å². The van der Waals surface area contributed by atoms with Gasteiger partial charge in [-0.3, -0.25) is 0 Å². The van der Waals surface area contributed by atoms with E-state index < -0.39 is 12.1 Å². The van der Waals surface area contributed by atoms with E-state index in [0.717, 1.165) is 44.9 Å². The van der Waals surface area contributed by atoms with Gasteiger partial charge in [0.1, 0.15) is 0 Å². The summed E-state index contributed by atoms with van der Waals surface area (Å²) in [5.74, 6) is 0.635. The smallest absolute Gasteiger partial charge is 0.550 e. The molecule has 0 bridgehead atoms. The molecule has 0 saturated heterocycles. The molecule has 4 rings (SSSR count). The van der Waals surface area contributed by atoms with Crippen LogP contribution in [0, 0.1) is 46.3 Å². The number of carbonyl (C=O) groups is 1. The molecule has 4 aliphatic rings. The Morgan fingerprint density at radius 2 is 1.77 bits per heavy atom. The number of aliphatic hydroxyl groups is 3. The molecule has 0 aromatic heterocycles. The first-order valence-corrected chi connectivity index (χ1v) is 11.8. The van der Waals surface area contributed by atoms with Gasteiger partial charge in [0.05, 0.1) is 18.3 Å². The fourth-order valence-electron chi connectivity index (χ4n) is 8.68. The van der Waals surface area contributed by atoms with Crippen molar-refractivity contribution >= 4 is 5.97 Å². The van der Waals surface area contributed by atoms with Gasteiger partial charge in [-0.05, 0) is 104 Å². The van der Waals surface area contributed by atoms with E-state index in [9.17, 15) is 25.2 Å². The summed E-state index contributed by atoms with van der Waals surface area (Å²) in [6.45, 7) is 6.67. The van der Waals surface area contributed by atoms with Crippen molar-refractivity contribution < 1.29 is 54.8 Å². The Labute approximate surface area is 203 Å². The summed E-state index contributed by atoms with van der Waals surface area (Å²) in [4.78, 5) is 11.0. The van der Waals surface area contributed by atoms with Crippen LogP contribution in [-0.2, 0) is 4.79 Å². The Morgan fingerprint density at radius 1 is 1.07 bits per heavy atom. The number of carboxylic acids is 1. The molecule has 11 atom stereocenters. The largest absolute Gasteiger partial charge is 1.00 e. The molecule has 0 aromatic rings. The van der Waals surface area contributed by atoms with Gasteiger partial charge in [-0.15, -0.1) is 0 Å². The minimum atomic E-state index is -0.998. The first-order chi connectivity index (χ1) is 13.6. The second kappa shape index (κ2) is 8.95. The van der Waals surface area contributed by atoms with Crippen LogP contribution in [0.4, 0.5) is 0 Å². The standard InChI is InChI=1S/C24H40O5.Na/c1-13(4-7-21(28)29)16-5-6-17-22-18(12-20(27)24(16,17)3)23(2)9-8-15(25)10-14(23)11-19(22)26;/h13-20,22,25-27H,4-12H2,1-3H3,(H,28,29);/q;+1/p-1/t13-,14+,15-,16-,17+,18+,19-,20+,22+,23+,24-;/m0./s1. The fourth-order valence-corrected chi connectivity index (χ4v) is 8.68. The number of fused-ring (bicyclic) bond motifs is 5. The summed E-state index contributed by atoms with van der Waals surface area (Å²) in [6.07, 6.45) is 5.72. The van der Waals surface area contributed by atoms with E-state index in [1.807, 2.05) is 0 Å². The van der Waals surface area contributed by atoms with Crippen LogP contribution in [0.1, 0.15) is 78.6 Å². The number of hydrogen-bond acceptors (Lipinski definition) is 5. The first kappa shape index (κ1) is 25.0. The maximum absolute atomic E-state index is 11.5. The van der Waals surface area contributed by atoms with Gasteiger partial charge in [-0.1, -0.05) is 20.8 Å². The summed E-state index contributed by atoms with van der Waals surface area (Å²) in [5.41, 5.74) is -0.172. The van der Waals surface area contributed by atoms with Crippen molar-refractivity contribution in [3.8, 4) is 0 Å². The molecule has 4 fully saturated rings. The molecule has 4 saturated carbocycles. The maximum Gasteiger partial charge on any atom is 1.00 e. The molecule has 0 aliphatic heterocycles. The Kier molecular flexibility index (Phi) is 7.45. The van der Waals surface area contributed by atoms with E-state index in [0.29, 0.717) is 18.3 Å². The van der Waals surface area contributed by atoms with Crippen molar-refractivity contribution in [1.82, 2.24) is 0 Å². The first-order valence-electron chi connectivity index (χ1n) is 11.8. The zero-order valence-electron chi connectivity index (χ0n) is 19.2. The molecule has 5 nitrogen and oxygen atoms in total. The molecule has 0 spiro atoms. The molecule has 30 heavy (non-hydrogen) atoms. The monoisotopic (exact) mass is 430 g/mol. The van der Waals surface area contributed by atoms with Crippen molar-refractivity contribution in [3.05, 3.63) is 0 Å². The Morgan fingerprint density at radius 3 is 2.43 bits per heavy atom.